The highest BCUT2D eigenvalue weighted by Crippen LogP contribution is 2.25. The molecule has 2 aromatic carbocycles. The molecule has 1 aromatic heterocycles. The standard InChI is InChI=1S/C23H23F2N5O2/c1-4-15(2)27-16-5-7-17(8-6-16)28-22-20(25)14-26-23(30-22)29-18-9-10-21(19(24)13-18)32-12-11-31-3/h4-10,13-14,27H,1-2,11-12H2,3H3,(H2,26,28,29,30). The number of aromatic nitrogens is 2. The minimum Gasteiger partial charge on any atom is -0.488 e. The molecular weight excluding hydrogens is 416 g/mol. The van der Waals surface area contributed by atoms with Crippen molar-refractivity contribution in [2.45, 2.75) is 0 Å². The van der Waals surface area contributed by atoms with Gasteiger partial charge in [-0.25, -0.2) is 13.8 Å². The van der Waals surface area contributed by atoms with Crippen LogP contribution >= 0.6 is 0 Å². The van der Waals surface area contributed by atoms with Crippen molar-refractivity contribution in [2.24, 2.45) is 0 Å². The molecule has 0 amide bonds. The van der Waals surface area contributed by atoms with Crippen LogP contribution < -0.4 is 20.7 Å². The fraction of sp³-hybridized carbons (Fsp3) is 0.130. The van der Waals surface area contributed by atoms with Crippen molar-refractivity contribution in [2.75, 3.05) is 36.3 Å². The van der Waals surface area contributed by atoms with E-state index in [1.807, 2.05) is 0 Å². The molecule has 3 rings (SSSR count). The van der Waals surface area contributed by atoms with Crippen LogP contribution in [0, 0.1) is 11.6 Å². The van der Waals surface area contributed by atoms with Crippen molar-refractivity contribution in [3.8, 4) is 5.75 Å². The van der Waals surface area contributed by atoms with Crippen LogP contribution in [0.4, 0.5) is 37.6 Å². The van der Waals surface area contributed by atoms with Crippen LogP contribution in [0.3, 0.4) is 0 Å². The van der Waals surface area contributed by atoms with Crippen LogP contribution in [0.15, 0.2) is 73.6 Å². The Morgan fingerprint density at radius 1 is 1.00 bits per heavy atom. The molecule has 0 bridgehead atoms. The van der Waals surface area contributed by atoms with E-state index in [0.717, 1.165) is 11.9 Å². The molecule has 9 heteroatoms. The van der Waals surface area contributed by atoms with E-state index in [2.05, 4.69) is 39.1 Å². The van der Waals surface area contributed by atoms with Gasteiger partial charge in [0.25, 0.3) is 0 Å². The Labute approximate surface area is 184 Å². The molecule has 0 aliphatic rings. The zero-order chi connectivity index (χ0) is 22.9. The van der Waals surface area contributed by atoms with Crippen molar-refractivity contribution in [3.05, 3.63) is 85.2 Å². The summed E-state index contributed by atoms with van der Waals surface area (Å²) in [7, 11) is 1.53. The number of anilines is 5. The topological polar surface area (TPSA) is 80.3 Å². The summed E-state index contributed by atoms with van der Waals surface area (Å²) in [6, 6.07) is 11.4. The number of halogens is 2. The van der Waals surface area contributed by atoms with Gasteiger partial charge in [0.15, 0.2) is 23.2 Å². The minimum absolute atomic E-state index is 0.0290. The monoisotopic (exact) mass is 439 g/mol. The maximum Gasteiger partial charge on any atom is 0.229 e. The van der Waals surface area contributed by atoms with E-state index in [4.69, 9.17) is 9.47 Å². The molecule has 0 aliphatic heterocycles. The van der Waals surface area contributed by atoms with Gasteiger partial charge >= 0.3 is 0 Å². The number of methoxy groups -OCH3 is 1. The number of rotatable bonds is 11. The van der Waals surface area contributed by atoms with Gasteiger partial charge in [-0.3, -0.25) is 0 Å². The van der Waals surface area contributed by atoms with Crippen LogP contribution in [0.25, 0.3) is 0 Å². The van der Waals surface area contributed by atoms with Gasteiger partial charge in [-0.05, 0) is 42.5 Å². The lowest BCUT2D eigenvalue weighted by Crippen LogP contribution is -2.06. The maximum atomic E-state index is 14.2. The lowest BCUT2D eigenvalue weighted by Gasteiger charge is -2.12. The Bertz CT molecular complexity index is 1090. The number of ether oxygens (including phenoxy) is 2. The second-order valence-corrected chi connectivity index (χ2v) is 6.56. The summed E-state index contributed by atoms with van der Waals surface area (Å²) < 4.78 is 38.6. The van der Waals surface area contributed by atoms with Crippen molar-refractivity contribution in [1.29, 1.82) is 0 Å². The van der Waals surface area contributed by atoms with E-state index >= 15 is 0 Å². The lowest BCUT2D eigenvalue weighted by atomic mass is 10.2. The fourth-order valence-electron chi connectivity index (χ4n) is 2.58. The van der Waals surface area contributed by atoms with Crippen molar-refractivity contribution < 1.29 is 18.3 Å². The van der Waals surface area contributed by atoms with Gasteiger partial charge in [0.2, 0.25) is 5.95 Å². The van der Waals surface area contributed by atoms with Gasteiger partial charge in [0.05, 0.1) is 12.8 Å². The van der Waals surface area contributed by atoms with Crippen LogP contribution in [0.5, 0.6) is 5.75 Å². The molecule has 0 radical (unpaired) electrons. The first kappa shape index (κ1) is 22.7. The summed E-state index contributed by atoms with van der Waals surface area (Å²) in [5.74, 6) is -1.02. The molecule has 0 atom stereocenters. The summed E-state index contributed by atoms with van der Waals surface area (Å²) in [5.41, 5.74) is 2.47. The normalized spacial score (nSPS) is 10.3. The van der Waals surface area contributed by atoms with E-state index in [9.17, 15) is 8.78 Å². The molecule has 0 aliphatic carbocycles. The van der Waals surface area contributed by atoms with Crippen LogP contribution in [-0.2, 0) is 4.74 Å². The molecule has 0 saturated carbocycles. The number of nitrogens with one attached hydrogen (secondary N) is 3. The molecule has 7 nitrogen and oxygen atoms in total. The largest absolute Gasteiger partial charge is 0.488 e. The van der Waals surface area contributed by atoms with E-state index in [1.165, 1.54) is 19.2 Å². The molecule has 0 unspecified atom stereocenters. The summed E-state index contributed by atoms with van der Waals surface area (Å²) in [6.07, 6.45) is 2.63. The molecular formula is C23H23F2N5O2. The maximum absolute atomic E-state index is 14.2. The second-order valence-electron chi connectivity index (χ2n) is 6.56. The van der Waals surface area contributed by atoms with Crippen molar-refractivity contribution >= 4 is 28.8 Å². The van der Waals surface area contributed by atoms with Crippen molar-refractivity contribution in [3.63, 3.8) is 0 Å². The van der Waals surface area contributed by atoms with Gasteiger partial charge in [0, 0.05) is 35.9 Å². The van der Waals surface area contributed by atoms with Gasteiger partial charge < -0.3 is 25.4 Å². The molecule has 3 N–H and O–H groups in total. The molecule has 32 heavy (non-hydrogen) atoms. The Kier molecular flexibility index (Phi) is 7.71. The van der Waals surface area contributed by atoms with Crippen molar-refractivity contribution in [1.82, 2.24) is 9.97 Å². The smallest absolute Gasteiger partial charge is 0.229 e. The summed E-state index contributed by atoms with van der Waals surface area (Å²) >= 11 is 0. The van der Waals surface area contributed by atoms with Crippen LogP contribution in [-0.4, -0.2) is 30.3 Å². The van der Waals surface area contributed by atoms with E-state index < -0.39 is 11.6 Å². The highest BCUT2D eigenvalue weighted by molar-refractivity contribution is 5.63. The molecule has 1 heterocycles. The van der Waals surface area contributed by atoms with Gasteiger partial charge in [0.1, 0.15) is 6.61 Å². The minimum atomic E-state index is -0.633. The zero-order valence-corrected chi connectivity index (χ0v) is 17.5. The number of benzene rings is 2. The predicted octanol–water partition coefficient (Wildman–Crippen LogP) is 5.38. The molecule has 0 spiro atoms. The molecule has 0 saturated heterocycles. The number of allylic oxidation sites excluding steroid dienone is 1. The molecule has 3 aromatic rings. The second kappa shape index (κ2) is 10.9. The third-order valence-corrected chi connectivity index (χ3v) is 4.18. The Balaban J connectivity index is 1.68. The van der Waals surface area contributed by atoms with Crippen LogP contribution in [0.2, 0.25) is 0 Å². The highest BCUT2D eigenvalue weighted by atomic mass is 19.1. The number of nitrogens with zero attached hydrogens (tertiary/aromatic N) is 2. The number of hydrogen-bond acceptors (Lipinski definition) is 7. The van der Waals surface area contributed by atoms with Gasteiger partial charge in [-0.1, -0.05) is 13.2 Å². The third-order valence-electron chi connectivity index (χ3n) is 4.18. The summed E-state index contributed by atoms with van der Waals surface area (Å²) in [4.78, 5) is 8.05. The lowest BCUT2D eigenvalue weighted by molar-refractivity contribution is 0.144. The average Bonchev–Trinajstić information content (AvgIpc) is 2.79. The first-order valence-corrected chi connectivity index (χ1v) is 9.65. The number of hydrogen-bond donors (Lipinski definition) is 3. The third kappa shape index (κ3) is 6.26. The van der Waals surface area contributed by atoms with Gasteiger partial charge in [-0.2, -0.15) is 4.98 Å². The quantitative estimate of drug-likeness (QED) is 0.273. The Hall–Kier alpha value is -3.98. The van der Waals surface area contributed by atoms with E-state index in [-0.39, 0.29) is 24.1 Å². The average molecular weight is 439 g/mol. The predicted molar refractivity (Wildman–Crippen MR) is 122 cm³/mol. The van der Waals surface area contributed by atoms with E-state index in [1.54, 1.807) is 36.4 Å². The Morgan fingerprint density at radius 2 is 1.72 bits per heavy atom. The Morgan fingerprint density at radius 3 is 2.41 bits per heavy atom. The zero-order valence-electron chi connectivity index (χ0n) is 17.5. The molecule has 166 valence electrons. The first-order valence-electron chi connectivity index (χ1n) is 9.65. The fourth-order valence-corrected chi connectivity index (χ4v) is 2.58. The SMILES string of the molecule is C=CC(=C)Nc1ccc(Nc2nc(Nc3ccc(OCCOC)c(F)c3)ncc2F)cc1. The van der Waals surface area contributed by atoms with E-state index in [0.29, 0.717) is 23.7 Å². The molecule has 0 fully saturated rings. The first-order chi connectivity index (χ1) is 15.5. The summed E-state index contributed by atoms with van der Waals surface area (Å²) in [6.45, 7) is 8.00. The highest BCUT2D eigenvalue weighted by Gasteiger charge is 2.10. The summed E-state index contributed by atoms with van der Waals surface area (Å²) in [5, 5.41) is 8.81. The van der Waals surface area contributed by atoms with Crippen LogP contribution in [0.1, 0.15) is 0 Å². The van der Waals surface area contributed by atoms with Gasteiger partial charge in [-0.15, -0.1) is 0 Å².